The third-order valence-electron chi connectivity index (χ3n) is 2.74. The number of benzene rings is 1. The molecule has 3 rings (SSSR count). The van der Waals surface area contributed by atoms with E-state index in [0.29, 0.717) is 0 Å². The van der Waals surface area contributed by atoms with Gasteiger partial charge in [-0.3, -0.25) is 9.38 Å². The molecule has 0 aliphatic heterocycles. The Labute approximate surface area is 105 Å². The molecule has 18 heavy (non-hydrogen) atoms. The maximum Gasteiger partial charge on any atom is 0.179 e. The Balaban J connectivity index is 1.67. The van der Waals surface area contributed by atoms with E-state index in [0.717, 1.165) is 30.1 Å². The van der Waals surface area contributed by atoms with Crippen molar-refractivity contribution in [2.45, 2.75) is 6.42 Å². The molecule has 0 atom stereocenters. The third-order valence-corrected chi connectivity index (χ3v) is 2.74. The van der Waals surface area contributed by atoms with Crippen molar-refractivity contribution in [3.8, 4) is 0 Å². The van der Waals surface area contributed by atoms with Gasteiger partial charge in [0.15, 0.2) is 5.65 Å². The van der Waals surface area contributed by atoms with Crippen LogP contribution in [0.5, 0.6) is 0 Å². The van der Waals surface area contributed by atoms with Crippen LogP contribution in [0.2, 0.25) is 0 Å². The van der Waals surface area contributed by atoms with E-state index in [1.54, 1.807) is 12.4 Å². The van der Waals surface area contributed by atoms with Crippen LogP contribution in [0, 0.1) is 0 Å². The molecular formula is C13H13N5. The van der Waals surface area contributed by atoms with Crippen molar-refractivity contribution in [3.63, 3.8) is 0 Å². The fourth-order valence-electron chi connectivity index (χ4n) is 1.85. The van der Waals surface area contributed by atoms with Gasteiger partial charge in [0.25, 0.3) is 0 Å². The Bertz CT molecular complexity index is 632. The summed E-state index contributed by atoms with van der Waals surface area (Å²) in [6.07, 6.45) is 6.15. The lowest BCUT2D eigenvalue weighted by Crippen LogP contribution is -2.07. The Morgan fingerprint density at radius 3 is 2.89 bits per heavy atom. The average molecular weight is 239 g/mol. The first-order valence-corrected chi connectivity index (χ1v) is 5.86. The zero-order valence-corrected chi connectivity index (χ0v) is 9.82. The summed E-state index contributed by atoms with van der Waals surface area (Å²) < 4.78 is 1.96. The fourth-order valence-corrected chi connectivity index (χ4v) is 1.85. The number of fused-ring (bicyclic) bond motifs is 1. The highest BCUT2D eigenvalue weighted by Crippen LogP contribution is 2.06. The number of nitrogens with zero attached hydrogens (tertiary/aromatic N) is 4. The minimum Gasteiger partial charge on any atom is -0.385 e. The van der Waals surface area contributed by atoms with Crippen LogP contribution < -0.4 is 5.32 Å². The Morgan fingerprint density at radius 1 is 1.11 bits per heavy atom. The molecule has 90 valence electrons. The molecule has 2 aromatic heterocycles. The van der Waals surface area contributed by atoms with E-state index in [9.17, 15) is 0 Å². The topological polar surface area (TPSA) is 55.1 Å². The lowest BCUT2D eigenvalue weighted by atomic mass is 10.3. The first kappa shape index (κ1) is 10.7. The number of aromatic nitrogens is 4. The predicted molar refractivity (Wildman–Crippen MR) is 69.4 cm³/mol. The molecule has 0 unspecified atom stereocenters. The van der Waals surface area contributed by atoms with Gasteiger partial charge in [-0.2, -0.15) is 0 Å². The molecule has 2 heterocycles. The van der Waals surface area contributed by atoms with Gasteiger partial charge in [-0.15, -0.1) is 10.2 Å². The second-order valence-electron chi connectivity index (χ2n) is 3.96. The van der Waals surface area contributed by atoms with Gasteiger partial charge in [0.2, 0.25) is 0 Å². The van der Waals surface area contributed by atoms with Gasteiger partial charge in [0, 0.05) is 31.0 Å². The summed E-state index contributed by atoms with van der Waals surface area (Å²) in [5, 5.41) is 11.6. The maximum atomic E-state index is 4.16. The smallest absolute Gasteiger partial charge is 0.179 e. The normalized spacial score (nSPS) is 10.7. The van der Waals surface area contributed by atoms with E-state index < -0.39 is 0 Å². The lowest BCUT2D eigenvalue weighted by Gasteiger charge is -2.04. The summed E-state index contributed by atoms with van der Waals surface area (Å²) in [5.41, 5.74) is 1.90. The highest BCUT2D eigenvalue weighted by atomic mass is 15.2. The van der Waals surface area contributed by atoms with Crippen molar-refractivity contribution in [2.75, 3.05) is 11.9 Å². The second-order valence-corrected chi connectivity index (χ2v) is 3.96. The summed E-state index contributed by atoms with van der Waals surface area (Å²) in [7, 11) is 0. The lowest BCUT2D eigenvalue weighted by molar-refractivity contribution is 0.869. The molecule has 3 aromatic rings. The van der Waals surface area contributed by atoms with Crippen LogP contribution in [-0.2, 0) is 6.42 Å². The number of anilines is 1. The molecule has 0 aliphatic rings. The quantitative estimate of drug-likeness (QED) is 0.754. The zero-order chi connectivity index (χ0) is 12.2. The minimum absolute atomic E-state index is 0.784. The van der Waals surface area contributed by atoms with Crippen molar-refractivity contribution in [1.82, 2.24) is 19.6 Å². The molecule has 5 nitrogen and oxygen atoms in total. The SMILES string of the molecule is c1ccc(NCCc2nnc3cnccn23)cc1. The highest BCUT2D eigenvalue weighted by Gasteiger charge is 2.03. The highest BCUT2D eigenvalue weighted by molar-refractivity contribution is 5.42. The monoisotopic (exact) mass is 239 g/mol. The van der Waals surface area contributed by atoms with Crippen LogP contribution in [0.15, 0.2) is 48.9 Å². The van der Waals surface area contributed by atoms with Crippen LogP contribution in [-0.4, -0.2) is 26.1 Å². The second kappa shape index (κ2) is 4.83. The standard InChI is InChI=1S/C13H13N5/c1-2-4-11(5-3-1)15-7-6-12-16-17-13-10-14-8-9-18(12)13/h1-5,8-10,15H,6-7H2. The van der Waals surface area contributed by atoms with Gasteiger partial charge in [0.05, 0.1) is 6.20 Å². The molecule has 0 saturated heterocycles. The van der Waals surface area contributed by atoms with E-state index in [2.05, 4.69) is 20.5 Å². The van der Waals surface area contributed by atoms with Crippen LogP contribution >= 0.6 is 0 Å². The fraction of sp³-hybridized carbons (Fsp3) is 0.154. The number of hydrogen-bond acceptors (Lipinski definition) is 4. The third kappa shape index (κ3) is 2.15. The van der Waals surface area contributed by atoms with Crippen LogP contribution in [0.3, 0.4) is 0 Å². The van der Waals surface area contributed by atoms with Crippen molar-refractivity contribution >= 4 is 11.3 Å². The molecule has 1 N–H and O–H groups in total. The average Bonchev–Trinajstić information content (AvgIpc) is 2.84. The molecule has 0 fully saturated rings. The molecule has 0 amide bonds. The van der Waals surface area contributed by atoms with Crippen LogP contribution in [0.4, 0.5) is 5.69 Å². The molecule has 5 heteroatoms. The number of rotatable bonds is 4. The zero-order valence-electron chi connectivity index (χ0n) is 9.82. The van der Waals surface area contributed by atoms with Gasteiger partial charge in [0.1, 0.15) is 5.82 Å². The van der Waals surface area contributed by atoms with E-state index in [4.69, 9.17) is 0 Å². The van der Waals surface area contributed by atoms with Gasteiger partial charge in [-0.1, -0.05) is 18.2 Å². The molecule has 0 spiro atoms. The molecular weight excluding hydrogens is 226 g/mol. The van der Waals surface area contributed by atoms with Gasteiger partial charge < -0.3 is 5.32 Å². The Kier molecular flexibility index (Phi) is 2.87. The largest absolute Gasteiger partial charge is 0.385 e. The van der Waals surface area contributed by atoms with Crippen molar-refractivity contribution in [1.29, 1.82) is 0 Å². The van der Waals surface area contributed by atoms with Crippen molar-refractivity contribution in [2.24, 2.45) is 0 Å². The molecule has 0 aliphatic carbocycles. The van der Waals surface area contributed by atoms with Crippen LogP contribution in [0.1, 0.15) is 5.82 Å². The first-order chi connectivity index (χ1) is 8.93. The van der Waals surface area contributed by atoms with E-state index in [1.165, 1.54) is 0 Å². The maximum absolute atomic E-state index is 4.16. The van der Waals surface area contributed by atoms with Crippen molar-refractivity contribution in [3.05, 3.63) is 54.7 Å². The number of para-hydroxylation sites is 1. The van der Waals surface area contributed by atoms with E-state index >= 15 is 0 Å². The Morgan fingerprint density at radius 2 is 2.00 bits per heavy atom. The van der Waals surface area contributed by atoms with Gasteiger partial charge in [-0.05, 0) is 12.1 Å². The minimum atomic E-state index is 0.784. The van der Waals surface area contributed by atoms with Crippen molar-refractivity contribution < 1.29 is 0 Å². The molecule has 0 radical (unpaired) electrons. The summed E-state index contributed by atoms with van der Waals surface area (Å²) in [4.78, 5) is 4.02. The summed E-state index contributed by atoms with van der Waals surface area (Å²) in [5.74, 6) is 0.941. The van der Waals surface area contributed by atoms with Crippen LogP contribution in [0.25, 0.3) is 5.65 Å². The van der Waals surface area contributed by atoms with Gasteiger partial charge >= 0.3 is 0 Å². The molecule has 0 saturated carbocycles. The Hall–Kier alpha value is -2.43. The van der Waals surface area contributed by atoms with E-state index in [-0.39, 0.29) is 0 Å². The number of nitrogens with one attached hydrogen (secondary N) is 1. The molecule has 1 aromatic carbocycles. The summed E-state index contributed by atoms with van der Waals surface area (Å²) >= 11 is 0. The summed E-state index contributed by atoms with van der Waals surface area (Å²) in [6.45, 7) is 0.827. The summed E-state index contributed by atoms with van der Waals surface area (Å²) in [6, 6.07) is 10.1. The first-order valence-electron chi connectivity index (χ1n) is 5.86. The van der Waals surface area contributed by atoms with Gasteiger partial charge in [-0.25, -0.2) is 0 Å². The van der Waals surface area contributed by atoms with E-state index in [1.807, 2.05) is 40.9 Å². The molecule has 0 bridgehead atoms. The number of hydrogen-bond donors (Lipinski definition) is 1. The predicted octanol–water partition coefficient (Wildman–Crippen LogP) is 1.78.